The summed E-state index contributed by atoms with van der Waals surface area (Å²) in [6.07, 6.45) is 2.38. The van der Waals surface area contributed by atoms with Crippen LogP contribution in [0.3, 0.4) is 0 Å². The predicted molar refractivity (Wildman–Crippen MR) is 105 cm³/mol. The summed E-state index contributed by atoms with van der Waals surface area (Å²) in [7, 11) is 0. The van der Waals surface area contributed by atoms with Crippen molar-refractivity contribution in [2.24, 2.45) is 0 Å². The van der Waals surface area contributed by atoms with Gasteiger partial charge in [-0.25, -0.2) is 4.98 Å². The molecule has 26 heavy (non-hydrogen) atoms. The van der Waals surface area contributed by atoms with Crippen LogP contribution in [0.1, 0.15) is 12.6 Å². The van der Waals surface area contributed by atoms with Crippen LogP contribution in [0.5, 0.6) is 0 Å². The van der Waals surface area contributed by atoms with Gasteiger partial charge in [0.05, 0.1) is 0 Å². The van der Waals surface area contributed by atoms with Crippen molar-refractivity contribution in [3.05, 3.63) is 72.7 Å². The first kappa shape index (κ1) is 14.8. The number of hydrogen-bond donors (Lipinski definition) is 1. The molecule has 2 aromatic heterocycles. The fraction of sp³-hybridized carbons (Fsp3) is 0.0952. The highest BCUT2D eigenvalue weighted by molar-refractivity contribution is 5.99. The van der Waals surface area contributed by atoms with E-state index < -0.39 is 0 Å². The lowest BCUT2D eigenvalue weighted by atomic mass is 10.0. The van der Waals surface area contributed by atoms with Crippen molar-refractivity contribution >= 4 is 38.8 Å². The average molecular weight is 339 g/mol. The highest BCUT2D eigenvalue weighted by Crippen LogP contribution is 2.27. The molecule has 0 aliphatic rings. The highest BCUT2D eigenvalue weighted by atomic mass is 15.3. The van der Waals surface area contributed by atoms with Crippen LogP contribution in [-0.2, 0) is 6.42 Å². The largest absolute Gasteiger partial charge is 0.340 e. The summed E-state index contributed by atoms with van der Waals surface area (Å²) in [5, 5.41) is 12.7. The molecule has 0 aliphatic heterocycles. The third-order valence-corrected chi connectivity index (χ3v) is 4.64. The van der Waals surface area contributed by atoms with Gasteiger partial charge in [-0.1, -0.05) is 37.3 Å². The van der Waals surface area contributed by atoms with Crippen molar-refractivity contribution in [2.75, 3.05) is 5.32 Å². The van der Waals surface area contributed by atoms with Crippen molar-refractivity contribution < 1.29 is 0 Å². The Kier molecular flexibility index (Phi) is 3.31. The normalized spacial score (nSPS) is 11.4. The summed E-state index contributed by atoms with van der Waals surface area (Å²) in [6.45, 7) is 2.08. The van der Waals surface area contributed by atoms with Gasteiger partial charge in [-0.2, -0.15) is 14.6 Å². The molecular formula is C21H17N5. The summed E-state index contributed by atoms with van der Waals surface area (Å²) in [5.41, 5.74) is 2.00. The zero-order valence-corrected chi connectivity index (χ0v) is 14.3. The lowest BCUT2D eigenvalue weighted by molar-refractivity contribution is 0.918. The van der Waals surface area contributed by atoms with Crippen LogP contribution in [0.25, 0.3) is 27.3 Å². The number of anilines is 2. The number of nitrogens with zero attached hydrogens (tertiary/aromatic N) is 4. The number of aryl methyl sites for hydroxylation is 1. The minimum absolute atomic E-state index is 0.610. The smallest absolute Gasteiger partial charge is 0.254 e. The maximum absolute atomic E-state index is 4.49. The number of benzene rings is 3. The quantitative estimate of drug-likeness (QED) is 0.483. The van der Waals surface area contributed by atoms with E-state index >= 15 is 0 Å². The summed E-state index contributed by atoms with van der Waals surface area (Å²) in [4.78, 5) is 8.70. The highest BCUT2D eigenvalue weighted by Gasteiger charge is 2.08. The van der Waals surface area contributed by atoms with Gasteiger partial charge in [0.1, 0.15) is 12.1 Å². The van der Waals surface area contributed by atoms with E-state index in [1.807, 2.05) is 6.07 Å². The minimum Gasteiger partial charge on any atom is -0.340 e. The third kappa shape index (κ3) is 2.45. The molecule has 126 valence electrons. The molecule has 5 heteroatoms. The van der Waals surface area contributed by atoms with Crippen molar-refractivity contribution in [1.82, 2.24) is 19.6 Å². The van der Waals surface area contributed by atoms with Gasteiger partial charge in [-0.05, 0) is 52.2 Å². The Morgan fingerprint density at radius 1 is 0.885 bits per heavy atom. The summed E-state index contributed by atoms with van der Waals surface area (Å²) < 4.78 is 1.73. The van der Waals surface area contributed by atoms with E-state index in [4.69, 9.17) is 0 Å². The molecular weight excluding hydrogens is 322 g/mol. The van der Waals surface area contributed by atoms with Crippen molar-refractivity contribution in [3.8, 4) is 0 Å². The summed E-state index contributed by atoms with van der Waals surface area (Å²) in [6, 6.07) is 21.3. The zero-order valence-electron chi connectivity index (χ0n) is 14.3. The first-order valence-corrected chi connectivity index (χ1v) is 8.69. The minimum atomic E-state index is 0.610. The molecule has 1 N–H and O–H groups in total. The van der Waals surface area contributed by atoms with Gasteiger partial charge < -0.3 is 5.32 Å². The Labute approximate surface area is 150 Å². The molecule has 0 unspecified atom stereocenters. The van der Waals surface area contributed by atoms with Gasteiger partial charge in [-0.3, -0.25) is 0 Å². The van der Waals surface area contributed by atoms with Crippen LogP contribution in [0, 0.1) is 0 Å². The van der Waals surface area contributed by atoms with Gasteiger partial charge in [0.15, 0.2) is 0 Å². The number of rotatable bonds is 3. The van der Waals surface area contributed by atoms with Gasteiger partial charge in [-0.15, -0.1) is 0 Å². The Bertz CT molecular complexity index is 1260. The molecule has 3 aromatic carbocycles. The summed E-state index contributed by atoms with van der Waals surface area (Å²) >= 11 is 0. The van der Waals surface area contributed by atoms with Crippen molar-refractivity contribution in [2.45, 2.75) is 13.3 Å². The molecule has 0 amide bonds. The fourth-order valence-electron chi connectivity index (χ4n) is 3.30. The SMILES string of the molecule is CCc1cc(Nc2ccc3cc4ccccc4cc3c2)n2ncnc2n1. The third-order valence-electron chi connectivity index (χ3n) is 4.64. The molecule has 5 aromatic rings. The van der Waals surface area contributed by atoms with Gasteiger partial charge in [0.2, 0.25) is 0 Å². The van der Waals surface area contributed by atoms with E-state index in [9.17, 15) is 0 Å². The number of hydrogen-bond acceptors (Lipinski definition) is 4. The van der Waals surface area contributed by atoms with E-state index in [1.165, 1.54) is 27.9 Å². The second kappa shape index (κ2) is 5.81. The van der Waals surface area contributed by atoms with Gasteiger partial charge in [0, 0.05) is 17.4 Å². The molecule has 5 nitrogen and oxygen atoms in total. The standard InChI is InChI=1S/C21H17N5/c1-2-18-12-20(26-21(25-18)22-13-23-26)24-19-8-7-16-9-14-5-3-4-6-15(14)10-17(16)11-19/h3-13,24H,2H2,1H3. The zero-order chi connectivity index (χ0) is 17.5. The Balaban J connectivity index is 1.61. The fourth-order valence-corrected chi connectivity index (χ4v) is 3.30. The molecule has 2 heterocycles. The average Bonchev–Trinajstić information content (AvgIpc) is 3.15. The molecule has 0 fully saturated rings. The Hall–Kier alpha value is -3.47. The van der Waals surface area contributed by atoms with E-state index in [-0.39, 0.29) is 0 Å². The lowest BCUT2D eigenvalue weighted by Gasteiger charge is -2.11. The molecule has 0 saturated carbocycles. The van der Waals surface area contributed by atoms with Crippen LogP contribution in [0.4, 0.5) is 11.5 Å². The Morgan fingerprint density at radius 2 is 1.65 bits per heavy atom. The monoisotopic (exact) mass is 339 g/mol. The molecule has 0 saturated heterocycles. The number of fused-ring (bicyclic) bond motifs is 3. The molecule has 0 atom stereocenters. The van der Waals surface area contributed by atoms with Crippen LogP contribution >= 0.6 is 0 Å². The number of nitrogens with one attached hydrogen (secondary N) is 1. The maximum Gasteiger partial charge on any atom is 0.254 e. The second-order valence-electron chi connectivity index (χ2n) is 6.34. The molecule has 0 radical (unpaired) electrons. The first-order valence-electron chi connectivity index (χ1n) is 8.69. The second-order valence-corrected chi connectivity index (χ2v) is 6.34. The van der Waals surface area contributed by atoms with Crippen molar-refractivity contribution in [3.63, 3.8) is 0 Å². The van der Waals surface area contributed by atoms with Gasteiger partial charge >= 0.3 is 0 Å². The number of aromatic nitrogens is 4. The maximum atomic E-state index is 4.49. The van der Waals surface area contributed by atoms with E-state index in [1.54, 1.807) is 4.52 Å². The van der Waals surface area contributed by atoms with Gasteiger partial charge in [0.25, 0.3) is 5.78 Å². The molecule has 0 aliphatic carbocycles. The molecule has 5 rings (SSSR count). The molecule has 0 bridgehead atoms. The topological polar surface area (TPSA) is 55.1 Å². The van der Waals surface area contributed by atoms with E-state index in [2.05, 4.69) is 81.9 Å². The van der Waals surface area contributed by atoms with E-state index in [0.717, 1.165) is 23.6 Å². The van der Waals surface area contributed by atoms with E-state index in [0.29, 0.717) is 5.78 Å². The first-order chi connectivity index (χ1) is 12.8. The van der Waals surface area contributed by atoms with Crippen LogP contribution in [0.2, 0.25) is 0 Å². The Morgan fingerprint density at radius 3 is 2.46 bits per heavy atom. The lowest BCUT2D eigenvalue weighted by Crippen LogP contribution is -2.03. The molecule has 0 spiro atoms. The van der Waals surface area contributed by atoms with Crippen molar-refractivity contribution in [1.29, 1.82) is 0 Å². The summed E-state index contributed by atoms with van der Waals surface area (Å²) in [5.74, 6) is 1.48. The van der Waals surface area contributed by atoms with Crippen LogP contribution < -0.4 is 5.32 Å². The predicted octanol–water partition coefficient (Wildman–Crippen LogP) is 4.74. The van der Waals surface area contributed by atoms with Crippen LogP contribution in [0.15, 0.2) is 67.0 Å². The van der Waals surface area contributed by atoms with Crippen LogP contribution in [-0.4, -0.2) is 19.6 Å².